The summed E-state index contributed by atoms with van der Waals surface area (Å²) in [4.78, 5) is 14.2. The molecule has 1 unspecified atom stereocenters. The van der Waals surface area contributed by atoms with Gasteiger partial charge in [0, 0.05) is 31.4 Å². The predicted octanol–water partition coefficient (Wildman–Crippen LogP) is 1.23. The first kappa shape index (κ1) is 13.1. The Bertz CT molecular complexity index is 419. The van der Waals surface area contributed by atoms with Crippen molar-refractivity contribution in [1.82, 2.24) is 10.2 Å². The summed E-state index contributed by atoms with van der Waals surface area (Å²) in [7, 11) is 0. The Morgan fingerprint density at radius 3 is 3.00 bits per heavy atom. The lowest BCUT2D eigenvalue weighted by atomic mass is 10.2. The molecule has 98 valence electrons. The summed E-state index contributed by atoms with van der Waals surface area (Å²) in [5, 5.41) is 6.30. The molecule has 1 aromatic carbocycles. The topological polar surface area (TPSA) is 44.4 Å². The number of para-hydroxylation sites is 1. The van der Waals surface area contributed by atoms with Gasteiger partial charge in [-0.1, -0.05) is 18.2 Å². The minimum absolute atomic E-state index is 0.0676. The lowest BCUT2D eigenvalue weighted by Crippen LogP contribution is -2.52. The first-order chi connectivity index (χ1) is 8.66. The maximum Gasteiger partial charge on any atom is 0.238 e. The number of hydrogen-bond acceptors (Lipinski definition) is 3. The number of rotatable bonds is 3. The van der Waals surface area contributed by atoms with Crippen LogP contribution in [0.5, 0.6) is 0 Å². The Kier molecular flexibility index (Phi) is 4.33. The van der Waals surface area contributed by atoms with E-state index in [-0.39, 0.29) is 5.91 Å². The van der Waals surface area contributed by atoms with Crippen molar-refractivity contribution in [2.75, 3.05) is 31.5 Å². The zero-order valence-electron chi connectivity index (χ0n) is 11.1. The van der Waals surface area contributed by atoms with Gasteiger partial charge >= 0.3 is 0 Å². The van der Waals surface area contributed by atoms with Gasteiger partial charge in [-0.15, -0.1) is 0 Å². The van der Waals surface area contributed by atoms with Crippen molar-refractivity contribution in [3.05, 3.63) is 29.8 Å². The summed E-state index contributed by atoms with van der Waals surface area (Å²) in [6.45, 7) is 7.47. The molecule has 2 N–H and O–H groups in total. The molecular formula is C14H21N3O. The molecule has 1 aliphatic rings. The number of carbonyl (C=O) groups excluding carboxylic acids is 1. The highest BCUT2D eigenvalue weighted by Crippen LogP contribution is 2.13. The zero-order chi connectivity index (χ0) is 13.0. The van der Waals surface area contributed by atoms with Crippen LogP contribution in [0.1, 0.15) is 12.5 Å². The minimum atomic E-state index is 0.0676. The fourth-order valence-corrected chi connectivity index (χ4v) is 2.21. The minimum Gasteiger partial charge on any atom is -0.325 e. The molecule has 1 amide bonds. The molecule has 0 radical (unpaired) electrons. The Balaban J connectivity index is 1.90. The molecule has 2 rings (SSSR count). The Morgan fingerprint density at radius 1 is 1.50 bits per heavy atom. The monoisotopic (exact) mass is 247 g/mol. The second-order valence-corrected chi connectivity index (χ2v) is 4.89. The van der Waals surface area contributed by atoms with Crippen LogP contribution >= 0.6 is 0 Å². The van der Waals surface area contributed by atoms with Crippen LogP contribution in [0.25, 0.3) is 0 Å². The quantitative estimate of drug-likeness (QED) is 0.844. The van der Waals surface area contributed by atoms with Crippen molar-refractivity contribution in [1.29, 1.82) is 0 Å². The Labute approximate surface area is 108 Å². The van der Waals surface area contributed by atoms with Crippen molar-refractivity contribution in [3.63, 3.8) is 0 Å². The molecular weight excluding hydrogens is 226 g/mol. The first-order valence-corrected chi connectivity index (χ1v) is 6.47. The molecule has 0 aromatic heterocycles. The summed E-state index contributed by atoms with van der Waals surface area (Å²) in [5.74, 6) is 0.0676. The molecule has 1 aromatic rings. The maximum atomic E-state index is 12.0. The second-order valence-electron chi connectivity index (χ2n) is 4.89. The second kappa shape index (κ2) is 5.98. The van der Waals surface area contributed by atoms with Gasteiger partial charge in [0.2, 0.25) is 5.91 Å². The number of benzene rings is 1. The summed E-state index contributed by atoms with van der Waals surface area (Å²) < 4.78 is 0. The van der Waals surface area contributed by atoms with Crippen LogP contribution in [0.4, 0.5) is 5.69 Å². The van der Waals surface area contributed by atoms with E-state index in [0.29, 0.717) is 12.6 Å². The van der Waals surface area contributed by atoms with E-state index >= 15 is 0 Å². The van der Waals surface area contributed by atoms with E-state index in [4.69, 9.17) is 0 Å². The molecule has 1 aliphatic heterocycles. The average Bonchev–Trinajstić information content (AvgIpc) is 2.35. The molecule has 1 saturated heterocycles. The van der Waals surface area contributed by atoms with Crippen molar-refractivity contribution in [2.45, 2.75) is 19.9 Å². The highest BCUT2D eigenvalue weighted by Gasteiger charge is 2.20. The Morgan fingerprint density at radius 2 is 2.28 bits per heavy atom. The van der Waals surface area contributed by atoms with E-state index in [0.717, 1.165) is 30.9 Å². The van der Waals surface area contributed by atoms with Gasteiger partial charge in [-0.2, -0.15) is 0 Å². The number of amides is 1. The molecule has 1 atom stereocenters. The van der Waals surface area contributed by atoms with E-state index in [1.807, 2.05) is 31.2 Å². The van der Waals surface area contributed by atoms with Crippen LogP contribution in [0.3, 0.4) is 0 Å². The normalized spacial score (nSPS) is 20.7. The van der Waals surface area contributed by atoms with Crippen molar-refractivity contribution < 1.29 is 4.79 Å². The van der Waals surface area contributed by atoms with Gasteiger partial charge in [0.15, 0.2) is 0 Å². The summed E-state index contributed by atoms with van der Waals surface area (Å²) in [6.07, 6.45) is 0. The number of nitrogens with zero attached hydrogens (tertiary/aromatic N) is 1. The number of nitrogens with one attached hydrogen (secondary N) is 2. The predicted molar refractivity (Wildman–Crippen MR) is 73.7 cm³/mol. The highest BCUT2D eigenvalue weighted by molar-refractivity contribution is 5.92. The van der Waals surface area contributed by atoms with Gasteiger partial charge in [0.25, 0.3) is 0 Å². The van der Waals surface area contributed by atoms with Gasteiger partial charge in [0.1, 0.15) is 0 Å². The van der Waals surface area contributed by atoms with Gasteiger partial charge in [0.05, 0.1) is 6.54 Å². The van der Waals surface area contributed by atoms with E-state index < -0.39 is 0 Å². The number of anilines is 1. The number of piperazine rings is 1. The number of carbonyl (C=O) groups is 1. The molecule has 1 heterocycles. The largest absolute Gasteiger partial charge is 0.325 e. The van der Waals surface area contributed by atoms with Crippen LogP contribution in [0.2, 0.25) is 0 Å². The number of aryl methyl sites for hydroxylation is 1. The van der Waals surface area contributed by atoms with Gasteiger partial charge < -0.3 is 10.6 Å². The zero-order valence-corrected chi connectivity index (χ0v) is 11.1. The SMILES string of the molecule is Cc1ccccc1NC(=O)CN1CCNCC1C. The molecule has 4 nitrogen and oxygen atoms in total. The standard InChI is InChI=1S/C14H21N3O/c1-11-5-3-4-6-13(11)16-14(18)10-17-8-7-15-9-12(17)2/h3-6,12,15H,7-10H2,1-2H3,(H,16,18). The molecule has 0 bridgehead atoms. The summed E-state index contributed by atoms with van der Waals surface area (Å²) >= 11 is 0. The van der Waals surface area contributed by atoms with Crippen LogP contribution in [0, 0.1) is 6.92 Å². The van der Waals surface area contributed by atoms with E-state index in [1.165, 1.54) is 0 Å². The van der Waals surface area contributed by atoms with Crippen LogP contribution < -0.4 is 10.6 Å². The Hall–Kier alpha value is -1.39. The third-order valence-electron chi connectivity index (χ3n) is 3.40. The highest BCUT2D eigenvalue weighted by atomic mass is 16.2. The van der Waals surface area contributed by atoms with E-state index in [2.05, 4.69) is 22.5 Å². The van der Waals surface area contributed by atoms with Crippen molar-refractivity contribution >= 4 is 11.6 Å². The fraction of sp³-hybridized carbons (Fsp3) is 0.500. The van der Waals surface area contributed by atoms with Crippen LogP contribution in [-0.4, -0.2) is 43.0 Å². The lowest BCUT2D eigenvalue weighted by Gasteiger charge is -2.33. The van der Waals surface area contributed by atoms with E-state index in [1.54, 1.807) is 0 Å². The van der Waals surface area contributed by atoms with Crippen molar-refractivity contribution in [2.24, 2.45) is 0 Å². The van der Waals surface area contributed by atoms with Crippen LogP contribution in [0.15, 0.2) is 24.3 Å². The third-order valence-corrected chi connectivity index (χ3v) is 3.40. The molecule has 0 saturated carbocycles. The summed E-state index contributed by atoms with van der Waals surface area (Å²) in [5.41, 5.74) is 2.00. The molecule has 4 heteroatoms. The maximum absolute atomic E-state index is 12.0. The smallest absolute Gasteiger partial charge is 0.238 e. The molecule has 0 spiro atoms. The van der Waals surface area contributed by atoms with Gasteiger partial charge in [-0.25, -0.2) is 0 Å². The molecule has 0 aliphatic carbocycles. The number of hydrogen-bond donors (Lipinski definition) is 2. The van der Waals surface area contributed by atoms with Gasteiger partial charge in [-0.05, 0) is 25.5 Å². The van der Waals surface area contributed by atoms with E-state index in [9.17, 15) is 4.79 Å². The van der Waals surface area contributed by atoms with Crippen molar-refractivity contribution in [3.8, 4) is 0 Å². The fourth-order valence-electron chi connectivity index (χ4n) is 2.21. The molecule has 1 fully saturated rings. The third kappa shape index (κ3) is 3.31. The van der Waals surface area contributed by atoms with Crippen LogP contribution in [-0.2, 0) is 4.79 Å². The summed E-state index contributed by atoms with van der Waals surface area (Å²) in [6, 6.07) is 8.28. The van der Waals surface area contributed by atoms with Gasteiger partial charge in [-0.3, -0.25) is 9.69 Å². The molecule has 18 heavy (non-hydrogen) atoms. The first-order valence-electron chi connectivity index (χ1n) is 6.47. The lowest BCUT2D eigenvalue weighted by molar-refractivity contribution is -0.118. The average molecular weight is 247 g/mol.